The molecule has 0 atom stereocenters. The lowest BCUT2D eigenvalue weighted by Gasteiger charge is -2.10. The molecule has 1 aromatic heterocycles. The number of sulfone groups is 2. The standard InChI is InChI=1S/C16H20ClN3O2S.C11H15NO4S.C2H6.CH4O/c1-3-8-23(21,22)9-7-13-5-4-6-14(10-13)19-15-12(2)11-18-16(17)20-15;1-2-7-17(15,16)8-6-10-4-3-5-11(9-10)12(13)14;2*1-2/h4-6,10-11H,3,7-9H2,1-2H3,(H,18,19,20);3-5,9H,2,6-8H2,1H3;1-2H3;2H,1H3. The van der Waals surface area contributed by atoms with Crippen LogP contribution in [0.15, 0.2) is 54.7 Å². The van der Waals surface area contributed by atoms with E-state index in [1.165, 1.54) is 12.1 Å². The van der Waals surface area contributed by atoms with Gasteiger partial charge in [0.2, 0.25) is 5.28 Å². The molecule has 0 aliphatic heterocycles. The number of nitro benzene ring substituents is 1. The van der Waals surface area contributed by atoms with E-state index in [0.717, 1.165) is 23.9 Å². The van der Waals surface area contributed by atoms with E-state index in [4.69, 9.17) is 16.7 Å². The third kappa shape index (κ3) is 16.6. The minimum atomic E-state index is -3.03. The van der Waals surface area contributed by atoms with Crippen molar-refractivity contribution in [2.45, 2.75) is 60.3 Å². The molecular formula is C30H45ClN4O7S2. The number of rotatable bonds is 13. The van der Waals surface area contributed by atoms with Crippen LogP contribution in [0.3, 0.4) is 0 Å². The van der Waals surface area contributed by atoms with E-state index in [9.17, 15) is 26.9 Å². The van der Waals surface area contributed by atoms with Crippen molar-refractivity contribution in [3.05, 3.63) is 86.8 Å². The SMILES string of the molecule is CC.CCCS(=O)(=O)CCc1cccc(Nc2nc(Cl)ncc2C)c1.CCCS(=O)(=O)CCc1cccc([N+](=O)[O-])c1.CO. The molecule has 3 rings (SSSR count). The molecule has 11 nitrogen and oxygen atoms in total. The van der Waals surface area contributed by atoms with Crippen LogP contribution in [-0.4, -0.2) is 67.0 Å². The van der Waals surface area contributed by atoms with E-state index in [1.807, 2.05) is 58.9 Å². The third-order valence-corrected chi connectivity index (χ3v) is 9.58. The van der Waals surface area contributed by atoms with Crippen molar-refractivity contribution in [3.63, 3.8) is 0 Å². The zero-order chi connectivity index (χ0) is 33.8. The lowest BCUT2D eigenvalue weighted by atomic mass is 10.1. The molecule has 2 aromatic carbocycles. The van der Waals surface area contributed by atoms with Crippen LogP contribution in [0.5, 0.6) is 0 Å². The first-order valence-corrected chi connectivity index (χ1v) is 18.3. The molecule has 0 spiro atoms. The number of nitrogens with zero attached hydrogens (tertiary/aromatic N) is 3. The molecule has 1 heterocycles. The molecule has 0 amide bonds. The van der Waals surface area contributed by atoms with Crippen molar-refractivity contribution in [2.24, 2.45) is 0 Å². The summed E-state index contributed by atoms with van der Waals surface area (Å²) < 4.78 is 46.6. The predicted octanol–water partition coefficient (Wildman–Crippen LogP) is 6.15. The highest BCUT2D eigenvalue weighted by Crippen LogP contribution is 2.20. The van der Waals surface area contributed by atoms with Crippen molar-refractivity contribution in [1.82, 2.24) is 9.97 Å². The molecule has 44 heavy (non-hydrogen) atoms. The number of aromatic nitrogens is 2. The van der Waals surface area contributed by atoms with Crippen molar-refractivity contribution in [3.8, 4) is 0 Å². The second kappa shape index (κ2) is 21.6. The van der Waals surface area contributed by atoms with E-state index in [0.29, 0.717) is 37.1 Å². The normalized spacial score (nSPS) is 10.6. The first kappa shape index (κ1) is 40.9. The fourth-order valence-electron chi connectivity index (χ4n) is 3.69. The van der Waals surface area contributed by atoms with E-state index in [2.05, 4.69) is 15.3 Å². The van der Waals surface area contributed by atoms with E-state index in [1.54, 1.807) is 18.3 Å². The number of hydrogen-bond donors (Lipinski definition) is 2. The molecule has 0 fully saturated rings. The van der Waals surface area contributed by atoms with Gasteiger partial charge in [0.05, 0.1) is 16.4 Å². The largest absolute Gasteiger partial charge is 0.400 e. The highest BCUT2D eigenvalue weighted by Gasteiger charge is 2.12. The maximum atomic E-state index is 11.8. The number of aliphatic hydroxyl groups is 1. The van der Waals surface area contributed by atoms with Gasteiger partial charge in [-0.1, -0.05) is 52.0 Å². The van der Waals surface area contributed by atoms with Crippen LogP contribution in [0.1, 0.15) is 57.2 Å². The highest BCUT2D eigenvalue weighted by molar-refractivity contribution is 7.91. The number of aryl methyl sites for hydroxylation is 3. The Hall–Kier alpha value is -3.13. The van der Waals surface area contributed by atoms with Crippen LogP contribution < -0.4 is 5.32 Å². The number of hydrogen-bond acceptors (Lipinski definition) is 10. The molecule has 0 radical (unpaired) electrons. The number of benzene rings is 2. The molecule has 0 saturated heterocycles. The zero-order valence-electron chi connectivity index (χ0n) is 26.3. The number of nitrogens with one attached hydrogen (secondary N) is 1. The van der Waals surface area contributed by atoms with Gasteiger partial charge in [0, 0.05) is 48.2 Å². The molecule has 0 unspecified atom stereocenters. The van der Waals surface area contributed by atoms with Crippen molar-refractivity contribution in [2.75, 3.05) is 35.4 Å². The summed E-state index contributed by atoms with van der Waals surface area (Å²) in [5.41, 5.74) is 3.36. The summed E-state index contributed by atoms with van der Waals surface area (Å²) in [6, 6.07) is 13.7. The highest BCUT2D eigenvalue weighted by atomic mass is 35.5. The van der Waals surface area contributed by atoms with Gasteiger partial charge in [-0.25, -0.2) is 26.8 Å². The van der Waals surface area contributed by atoms with Gasteiger partial charge >= 0.3 is 0 Å². The van der Waals surface area contributed by atoms with Gasteiger partial charge in [-0.3, -0.25) is 10.1 Å². The maximum absolute atomic E-state index is 11.8. The van der Waals surface area contributed by atoms with Crippen LogP contribution in [0.25, 0.3) is 0 Å². The Kier molecular flexibility index (Phi) is 20.0. The van der Waals surface area contributed by atoms with Crippen LogP contribution >= 0.6 is 11.6 Å². The molecule has 0 aliphatic carbocycles. The summed E-state index contributed by atoms with van der Waals surface area (Å²) in [4.78, 5) is 18.1. The fraction of sp³-hybridized carbons (Fsp3) is 0.467. The van der Waals surface area contributed by atoms with E-state index >= 15 is 0 Å². The summed E-state index contributed by atoms with van der Waals surface area (Å²) in [6.07, 6.45) is 3.72. The minimum Gasteiger partial charge on any atom is -0.400 e. The second-order valence-electron chi connectivity index (χ2n) is 9.23. The Bertz CT molecular complexity index is 1500. The summed E-state index contributed by atoms with van der Waals surface area (Å²) in [6.45, 7) is 9.57. The van der Waals surface area contributed by atoms with Crippen LogP contribution in [0.4, 0.5) is 17.2 Å². The first-order chi connectivity index (χ1) is 20.8. The van der Waals surface area contributed by atoms with Gasteiger partial charge in [-0.05, 0) is 67.5 Å². The Labute approximate surface area is 267 Å². The van der Waals surface area contributed by atoms with Crippen molar-refractivity contribution < 1.29 is 26.9 Å². The first-order valence-electron chi connectivity index (χ1n) is 14.3. The maximum Gasteiger partial charge on any atom is 0.269 e. The van der Waals surface area contributed by atoms with Crippen molar-refractivity contribution >= 4 is 48.5 Å². The Morgan fingerprint density at radius 2 is 1.36 bits per heavy atom. The molecule has 2 N–H and O–H groups in total. The predicted molar refractivity (Wildman–Crippen MR) is 179 cm³/mol. The van der Waals surface area contributed by atoms with Gasteiger partial charge in [0.25, 0.3) is 5.69 Å². The van der Waals surface area contributed by atoms with E-state index < -0.39 is 24.6 Å². The van der Waals surface area contributed by atoms with Crippen LogP contribution in [-0.2, 0) is 32.5 Å². The fourth-order valence-corrected chi connectivity index (χ4v) is 6.57. The number of non-ortho nitro benzene ring substituents is 1. The zero-order valence-corrected chi connectivity index (χ0v) is 28.7. The second-order valence-corrected chi connectivity index (χ2v) is 14.2. The van der Waals surface area contributed by atoms with E-state index in [-0.39, 0.29) is 34.0 Å². The minimum absolute atomic E-state index is 0.00427. The van der Waals surface area contributed by atoms with Gasteiger partial charge in [-0.2, -0.15) is 0 Å². The molecule has 0 bridgehead atoms. The molecule has 0 saturated carbocycles. The van der Waals surface area contributed by atoms with Gasteiger partial charge < -0.3 is 10.4 Å². The van der Waals surface area contributed by atoms with Gasteiger partial charge in [0.1, 0.15) is 5.82 Å². The van der Waals surface area contributed by atoms with Gasteiger partial charge in [-0.15, -0.1) is 0 Å². The summed E-state index contributed by atoms with van der Waals surface area (Å²) in [7, 11) is -5.01. The quantitative estimate of drug-likeness (QED) is 0.122. The number of aliphatic hydroxyl groups excluding tert-OH is 1. The molecule has 3 aromatic rings. The molecule has 246 valence electrons. The molecule has 14 heteroatoms. The molecular weight excluding hydrogens is 628 g/mol. The van der Waals surface area contributed by atoms with Gasteiger partial charge in [0.15, 0.2) is 19.7 Å². The third-order valence-electron chi connectivity index (χ3n) is 5.69. The average molecular weight is 673 g/mol. The number of halogens is 1. The smallest absolute Gasteiger partial charge is 0.269 e. The lowest BCUT2D eigenvalue weighted by Crippen LogP contribution is -2.12. The van der Waals surface area contributed by atoms with Crippen LogP contribution in [0, 0.1) is 17.0 Å². The van der Waals surface area contributed by atoms with Crippen molar-refractivity contribution in [1.29, 1.82) is 0 Å². The summed E-state index contributed by atoms with van der Waals surface area (Å²) in [5, 5.41) is 20.9. The average Bonchev–Trinajstić information content (AvgIpc) is 3.00. The summed E-state index contributed by atoms with van der Waals surface area (Å²) >= 11 is 5.82. The van der Waals surface area contributed by atoms with Crippen LogP contribution in [0.2, 0.25) is 5.28 Å². The Balaban J connectivity index is 0.000000783. The topological polar surface area (TPSA) is 169 Å². The Morgan fingerprint density at radius 1 is 0.864 bits per heavy atom. The number of anilines is 2. The molecule has 0 aliphatic rings. The lowest BCUT2D eigenvalue weighted by molar-refractivity contribution is -0.384. The Morgan fingerprint density at radius 3 is 1.86 bits per heavy atom. The monoisotopic (exact) mass is 672 g/mol. The number of nitro groups is 1. The summed E-state index contributed by atoms with van der Waals surface area (Å²) in [5.74, 6) is 1.26.